The predicted octanol–water partition coefficient (Wildman–Crippen LogP) is 1.02. The topological polar surface area (TPSA) is 79.5 Å². The molecule has 0 fully saturated rings. The predicted molar refractivity (Wildman–Crippen MR) is 82.4 cm³/mol. The van der Waals surface area contributed by atoms with Crippen LogP contribution in [0.1, 0.15) is 6.92 Å². The van der Waals surface area contributed by atoms with Gasteiger partial charge in [-0.25, -0.2) is 0 Å². The molecule has 7 heteroatoms. The Kier molecular flexibility index (Phi) is 7.74. The highest BCUT2D eigenvalue weighted by atomic mass is 35.5. The smallest absolute Gasteiger partial charge is 0.238 e. The van der Waals surface area contributed by atoms with Crippen molar-refractivity contribution in [2.45, 2.75) is 13.0 Å². The van der Waals surface area contributed by atoms with Crippen LogP contribution in [-0.4, -0.2) is 44.7 Å². The van der Waals surface area contributed by atoms with Crippen molar-refractivity contribution in [2.75, 3.05) is 32.1 Å². The second kappa shape index (κ2) is 9.33. The number of carbonyl (C=O) groups excluding carboxylic acids is 2. The summed E-state index contributed by atoms with van der Waals surface area (Å²) in [5, 5.41) is 8.67. The van der Waals surface area contributed by atoms with Crippen molar-refractivity contribution in [3.05, 3.63) is 29.3 Å². The van der Waals surface area contributed by atoms with Crippen LogP contribution in [-0.2, 0) is 14.3 Å². The molecule has 1 atom stereocenters. The second-order valence-corrected chi connectivity index (χ2v) is 4.82. The Labute approximate surface area is 129 Å². The largest absolute Gasteiger partial charge is 0.383 e. The van der Waals surface area contributed by atoms with Gasteiger partial charge >= 0.3 is 0 Å². The van der Waals surface area contributed by atoms with Crippen LogP contribution in [0.4, 0.5) is 5.69 Å². The minimum atomic E-state index is -0.473. The maximum atomic E-state index is 11.8. The molecule has 0 saturated carbocycles. The Hall–Kier alpha value is -1.63. The van der Waals surface area contributed by atoms with Gasteiger partial charge in [-0.15, -0.1) is 0 Å². The lowest BCUT2D eigenvalue weighted by Gasteiger charge is -2.14. The zero-order valence-corrected chi connectivity index (χ0v) is 12.9. The number of anilines is 1. The quantitative estimate of drug-likeness (QED) is 0.626. The first-order valence-electron chi connectivity index (χ1n) is 6.59. The van der Waals surface area contributed by atoms with Crippen LogP contribution in [0, 0.1) is 0 Å². The van der Waals surface area contributed by atoms with Gasteiger partial charge in [0.15, 0.2) is 0 Å². The number of rotatable bonds is 8. The van der Waals surface area contributed by atoms with Gasteiger partial charge in [0.25, 0.3) is 0 Å². The van der Waals surface area contributed by atoms with Gasteiger partial charge in [0.1, 0.15) is 0 Å². The normalized spacial score (nSPS) is 11.8. The van der Waals surface area contributed by atoms with Gasteiger partial charge in [-0.3, -0.25) is 14.9 Å². The van der Waals surface area contributed by atoms with E-state index in [4.69, 9.17) is 16.3 Å². The Morgan fingerprint density at radius 1 is 1.33 bits per heavy atom. The second-order valence-electron chi connectivity index (χ2n) is 4.41. The third kappa shape index (κ3) is 6.57. The third-order valence-corrected chi connectivity index (χ3v) is 3.05. The zero-order valence-electron chi connectivity index (χ0n) is 12.1. The van der Waals surface area contributed by atoms with Crippen molar-refractivity contribution in [1.29, 1.82) is 0 Å². The standard InChI is InChI=1S/C14H20ClN3O3/c1-10(14(20)16-7-8-21-2)17-9-13(19)18-12-6-4-3-5-11(12)15/h3-6,10,17H,7-9H2,1-2H3,(H,16,20)(H,18,19). The maximum absolute atomic E-state index is 11.8. The number of hydrogen-bond acceptors (Lipinski definition) is 4. The number of halogens is 1. The number of para-hydroxylation sites is 1. The van der Waals surface area contributed by atoms with Crippen molar-refractivity contribution >= 4 is 29.1 Å². The van der Waals surface area contributed by atoms with E-state index in [1.54, 1.807) is 38.3 Å². The summed E-state index contributed by atoms with van der Waals surface area (Å²) in [4.78, 5) is 23.4. The van der Waals surface area contributed by atoms with Crippen molar-refractivity contribution in [3.8, 4) is 0 Å². The summed E-state index contributed by atoms with van der Waals surface area (Å²) in [5.41, 5.74) is 0.545. The van der Waals surface area contributed by atoms with Crippen molar-refractivity contribution in [2.24, 2.45) is 0 Å². The SMILES string of the molecule is COCCNC(=O)C(C)NCC(=O)Nc1ccccc1Cl. The van der Waals surface area contributed by atoms with E-state index >= 15 is 0 Å². The summed E-state index contributed by atoms with van der Waals surface area (Å²) < 4.78 is 4.84. The first kappa shape index (κ1) is 17.4. The molecule has 1 unspecified atom stereocenters. The lowest BCUT2D eigenvalue weighted by Crippen LogP contribution is -2.45. The molecule has 1 aromatic rings. The summed E-state index contributed by atoms with van der Waals surface area (Å²) in [7, 11) is 1.56. The number of methoxy groups -OCH3 is 1. The highest BCUT2D eigenvalue weighted by molar-refractivity contribution is 6.33. The number of amides is 2. The van der Waals surface area contributed by atoms with Gasteiger partial charge in [-0.1, -0.05) is 23.7 Å². The van der Waals surface area contributed by atoms with Gasteiger partial charge < -0.3 is 15.4 Å². The van der Waals surface area contributed by atoms with E-state index in [-0.39, 0.29) is 18.4 Å². The maximum Gasteiger partial charge on any atom is 0.238 e. The molecule has 3 N–H and O–H groups in total. The minimum Gasteiger partial charge on any atom is -0.383 e. The fourth-order valence-electron chi connectivity index (χ4n) is 1.52. The molecule has 0 spiro atoms. The molecule has 2 amide bonds. The highest BCUT2D eigenvalue weighted by Gasteiger charge is 2.13. The number of benzene rings is 1. The zero-order chi connectivity index (χ0) is 15.7. The first-order valence-corrected chi connectivity index (χ1v) is 6.96. The molecular formula is C14H20ClN3O3. The van der Waals surface area contributed by atoms with Gasteiger partial charge in [0, 0.05) is 13.7 Å². The monoisotopic (exact) mass is 313 g/mol. The minimum absolute atomic E-state index is 0.0179. The van der Waals surface area contributed by atoms with Crippen LogP contribution in [0.3, 0.4) is 0 Å². The average molecular weight is 314 g/mol. The van der Waals surface area contributed by atoms with Crippen LogP contribution >= 0.6 is 11.6 Å². The number of nitrogens with one attached hydrogen (secondary N) is 3. The molecule has 0 aromatic heterocycles. The molecule has 0 aliphatic rings. The first-order chi connectivity index (χ1) is 10.0. The fraction of sp³-hybridized carbons (Fsp3) is 0.429. The highest BCUT2D eigenvalue weighted by Crippen LogP contribution is 2.19. The van der Waals surface area contributed by atoms with E-state index in [2.05, 4.69) is 16.0 Å². The van der Waals surface area contributed by atoms with E-state index in [9.17, 15) is 9.59 Å². The Balaban J connectivity index is 2.32. The van der Waals surface area contributed by atoms with E-state index in [1.807, 2.05) is 0 Å². The summed E-state index contributed by atoms with van der Waals surface area (Å²) in [6.45, 7) is 2.59. The van der Waals surface area contributed by atoms with Gasteiger partial charge in [-0.2, -0.15) is 0 Å². The van der Waals surface area contributed by atoms with Gasteiger partial charge in [-0.05, 0) is 19.1 Å². The van der Waals surface area contributed by atoms with Gasteiger partial charge in [0.05, 0.1) is 29.9 Å². The lowest BCUT2D eigenvalue weighted by molar-refractivity contribution is -0.123. The molecule has 21 heavy (non-hydrogen) atoms. The molecule has 0 bridgehead atoms. The van der Waals surface area contributed by atoms with Crippen LogP contribution < -0.4 is 16.0 Å². The molecule has 6 nitrogen and oxygen atoms in total. The van der Waals surface area contributed by atoms with E-state index in [1.165, 1.54) is 0 Å². The lowest BCUT2D eigenvalue weighted by atomic mass is 10.3. The Bertz CT molecular complexity index is 482. The molecular weight excluding hydrogens is 294 g/mol. The van der Waals surface area contributed by atoms with Gasteiger partial charge in [0.2, 0.25) is 11.8 Å². The van der Waals surface area contributed by atoms with Crippen LogP contribution in [0.15, 0.2) is 24.3 Å². The Morgan fingerprint density at radius 3 is 2.71 bits per heavy atom. The van der Waals surface area contributed by atoms with Crippen molar-refractivity contribution in [3.63, 3.8) is 0 Å². The summed E-state index contributed by atoms with van der Waals surface area (Å²) in [6.07, 6.45) is 0. The number of ether oxygens (including phenoxy) is 1. The third-order valence-electron chi connectivity index (χ3n) is 2.72. The molecule has 0 aliphatic carbocycles. The van der Waals surface area contributed by atoms with Crippen LogP contribution in [0.25, 0.3) is 0 Å². The summed E-state index contributed by atoms with van der Waals surface area (Å²) in [6, 6.07) is 6.49. The molecule has 1 aromatic carbocycles. The number of hydrogen-bond donors (Lipinski definition) is 3. The molecule has 0 heterocycles. The molecule has 116 valence electrons. The molecule has 0 radical (unpaired) electrons. The summed E-state index contributed by atoms with van der Waals surface area (Å²) in [5.74, 6) is -0.447. The number of carbonyl (C=O) groups is 2. The molecule has 0 saturated heterocycles. The average Bonchev–Trinajstić information content (AvgIpc) is 2.47. The van der Waals surface area contributed by atoms with Crippen molar-refractivity contribution in [1.82, 2.24) is 10.6 Å². The van der Waals surface area contributed by atoms with Crippen LogP contribution in [0.5, 0.6) is 0 Å². The Morgan fingerprint density at radius 2 is 2.05 bits per heavy atom. The van der Waals surface area contributed by atoms with E-state index in [0.29, 0.717) is 23.9 Å². The van der Waals surface area contributed by atoms with Crippen molar-refractivity contribution < 1.29 is 14.3 Å². The molecule has 1 rings (SSSR count). The summed E-state index contributed by atoms with van der Waals surface area (Å²) >= 11 is 5.94. The van der Waals surface area contributed by atoms with Crippen LogP contribution in [0.2, 0.25) is 5.02 Å². The van der Waals surface area contributed by atoms with E-state index < -0.39 is 6.04 Å². The molecule has 0 aliphatic heterocycles. The fourth-order valence-corrected chi connectivity index (χ4v) is 1.71. The van der Waals surface area contributed by atoms with E-state index in [0.717, 1.165) is 0 Å².